The molecule has 1 aromatic heterocycles. The van der Waals surface area contributed by atoms with Crippen LogP contribution >= 0.6 is 0 Å². The second-order valence-corrected chi connectivity index (χ2v) is 30.2. The molecule has 0 saturated heterocycles. The number of anilines is 6. The molecule has 0 bridgehead atoms. The molecule has 4 nitrogen and oxygen atoms in total. The van der Waals surface area contributed by atoms with Gasteiger partial charge in [-0.1, -0.05) is 222 Å². The largest absolute Gasteiger partial charge is 0.311 e. The molecule has 3 heterocycles. The Morgan fingerprint density at radius 2 is 0.602 bits per heavy atom. The number of rotatable bonds is 5. The summed E-state index contributed by atoms with van der Waals surface area (Å²) in [5, 5.41) is 4.88. The minimum Gasteiger partial charge on any atom is -0.311 e. The Bertz CT molecular complexity index is 3870. The molecule has 9 aromatic carbocycles. The molecule has 0 aliphatic carbocycles. The van der Waals surface area contributed by atoms with Crippen molar-refractivity contribution in [2.75, 3.05) is 9.80 Å². The molecule has 2 aliphatic heterocycles. The van der Waals surface area contributed by atoms with Gasteiger partial charge in [0.15, 0.2) is 5.82 Å². The lowest BCUT2D eigenvalue weighted by Gasteiger charge is -2.44. The third-order valence-electron chi connectivity index (χ3n) is 17.7. The maximum atomic E-state index is 5.84. The molecule has 0 spiro atoms. The van der Waals surface area contributed by atoms with Crippen molar-refractivity contribution in [3.8, 4) is 33.9 Å². The highest BCUT2D eigenvalue weighted by Gasteiger charge is 2.44. The summed E-state index contributed by atoms with van der Waals surface area (Å²) in [6.07, 6.45) is 0. The predicted octanol–water partition coefficient (Wildman–Crippen LogP) is 19.7. The minimum absolute atomic E-state index is 0.0171. The summed E-state index contributed by atoms with van der Waals surface area (Å²) in [5.41, 5.74) is 22.9. The van der Waals surface area contributed by atoms with E-state index in [2.05, 4.69) is 310 Å². The van der Waals surface area contributed by atoms with Crippen LogP contribution in [0, 0.1) is 0 Å². The standard InChI is InChI=1S/C78H83BN4/c1-73(2,3)55-27-31-61(32-28-55)82-67-41-50-25-21-19-23-48(50)39-63(67)79-64-40-49-24-20-22-26-51(49)42-68(64)83(62-33-29-56(30-34-62)74(4,5)6)70-44-53(43-69(82)71(70)79)66-47-65(52-35-57(75(7,8)9)45-58(36-52)76(10,11)12)80-72(81-66)54-37-59(77(13,14)15)46-60(38-54)78(16,17)18/h19-47H,1-18H3. The van der Waals surface area contributed by atoms with E-state index < -0.39 is 0 Å². The fourth-order valence-electron chi connectivity index (χ4n) is 12.4. The Labute approximate surface area is 496 Å². The van der Waals surface area contributed by atoms with Gasteiger partial charge < -0.3 is 9.80 Å². The number of hydrogen-bond donors (Lipinski definition) is 0. The number of nitrogens with zero attached hydrogens (tertiary/aromatic N) is 4. The summed E-state index contributed by atoms with van der Waals surface area (Å²) < 4.78 is 0. The second kappa shape index (κ2) is 19.4. The third-order valence-corrected chi connectivity index (χ3v) is 17.7. The summed E-state index contributed by atoms with van der Waals surface area (Å²) >= 11 is 0. The second-order valence-electron chi connectivity index (χ2n) is 30.2. The lowest BCUT2D eigenvalue weighted by Crippen LogP contribution is -2.61. The van der Waals surface area contributed by atoms with Crippen LogP contribution < -0.4 is 26.2 Å². The predicted molar refractivity (Wildman–Crippen MR) is 360 cm³/mol. The van der Waals surface area contributed by atoms with Gasteiger partial charge in [-0.15, -0.1) is 0 Å². The van der Waals surface area contributed by atoms with Crippen LogP contribution in [0.15, 0.2) is 176 Å². The Hall–Kier alpha value is -7.76. The molecule has 0 unspecified atom stereocenters. The van der Waals surface area contributed by atoms with Gasteiger partial charge in [0.1, 0.15) is 0 Å². The Morgan fingerprint density at radius 1 is 0.289 bits per heavy atom. The fraction of sp³-hybridized carbons (Fsp3) is 0.308. The molecule has 0 atom stereocenters. The van der Waals surface area contributed by atoms with Gasteiger partial charge >= 0.3 is 0 Å². The maximum absolute atomic E-state index is 5.84. The fourth-order valence-corrected chi connectivity index (χ4v) is 12.4. The molecule has 0 radical (unpaired) electrons. The van der Waals surface area contributed by atoms with Crippen LogP contribution in [0.4, 0.5) is 34.1 Å². The zero-order valence-electron chi connectivity index (χ0n) is 52.6. The summed E-state index contributed by atoms with van der Waals surface area (Å²) in [6, 6.07) is 67.8. The van der Waals surface area contributed by atoms with Gasteiger partial charge in [0, 0.05) is 50.8 Å². The van der Waals surface area contributed by atoms with E-state index >= 15 is 0 Å². The number of benzene rings is 9. The Kier molecular flexibility index (Phi) is 13.0. The lowest BCUT2D eigenvalue weighted by atomic mass is 9.33. The van der Waals surface area contributed by atoms with Crippen LogP contribution in [0.25, 0.3) is 55.4 Å². The molecular weight excluding hydrogens is 1000 g/mol. The smallest absolute Gasteiger partial charge is 0.252 e. The highest BCUT2D eigenvalue weighted by molar-refractivity contribution is 7.00. The molecule has 12 rings (SSSR count). The maximum Gasteiger partial charge on any atom is 0.252 e. The van der Waals surface area contributed by atoms with Crippen molar-refractivity contribution in [2.45, 2.75) is 157 Å². The SMILES string of the molecule is CC(C)(C)c1ccc(N2c3cc4ccccc4cc3B3c4cc5ccccc5cc4N(c4ccc(C(C)(C)C)cc4)c4cc(-c5cc(-c6cc(C(C)(C)C)cc(C(C)(C)C)c6)nc(-c6cc(C(C)(C)C)cc(C(C)(C)C)c6)n5)cc2c43)cc1. The van der Waals surface area contributed by atoms with E-state index in [4.69, 9.17) is 9.97 Å². The van der Waals surface area contributed by atoms with E-state index in [-0.39, 0.29) is 39.2 Å². The molecule has 0 saturated carbocycles. The topological polar surface area (TPSA) is 32.3 Å². The van der Waals surface area contributed by atoms with Crippen molar-refractivity contribution in [1.29, 1.82) is 0 Å². The molecular formula is C78H83BN4. The minimum atomic E-state index is -0.108. The van der Waals surface area contributed by atoms with E-state index in [1.54, 1.807) is 0 Å². The molecule has 418 valence electrons. The van der Waals surface area contributed by atoms with Crippen LogP contribution in [0.1, 0.15) is 158 Å². The third kappa shape index (κ3) is 10.3. The van der Waals surface area contributed by atoms with Crippen molar-refractivity contribution in [1.82, 2.24) is 9.97 Å². The first kappa shape index (κ1) is 55.8. The summed E-state index contributed by atoms with van der Waals surface area (Å²) in [7, 11) is 0. The van der Waals surface area contributed by atoms with E-state index in [9.17, 15) is 0 Å². The number of fused-ring (bicyclic) bond motifs is 6. The van der Waals surface area contributed by atoms with Crippen LogP contribution in [-0.2, 0) is 32.5 Å². The van der Waals surface area contributed by atoms with Crippen LogP contribution in [0.3, 0.4) is 0 Å². The van der Waals surface area contributed by atoms with Crippen LogP contribution in [-0.4, -0.2) is 16.7 Å². The first-order valence-corrected chi connectivity index (χ1v) is 30.2. The summed E-state index contributed by atoms with van der Waals surface area (Å²) in [6.45, 7) is 41.5. The molecule has 0 amide bonds. The number of hydrogen-bond acceptors (Lipinski definition) is 4. The molecule has 2 aliphatic rings. The highest BCUT2D eigenvalue weighted by atomic mass is 15.2. The Balaban J connectivity index is 1.23. The summed E-state index contributed by atoms with van der Waals surface area (Å²) in [4.78, 5) is 16.7. The molecule has 0 fully saturated rings. The normalized spacial score (nSPS) is 13.8. The highest BCUT2D eigenvalue weighted by Crippen LogP contribution is 2.49. The van der Waals surface area contributed by atoms with Gasteiger partial charge in [0.25, 0.3) is 6.71 Å². The van der Waals surface area contributed by atoms with Crippen molar-refractivity contribution in [3.63, 3.8) is 0 Å². The van der Waals surface area contributed by atoms with E-state index in [0.717, 1.165) is 56.7 Å². The van der Waals surface area contributed by atoms with Crippen molar-refractivity contribution < 1.29 is 0 Å². The van der Waals surface area contributed by atoms with Gasteiger partial charge in [-0.05, 0) is 183 Å². The average molecular weight is 1090 g/mol. The van der Waals surface area contributed by atoms with Gasteiger partial charge in [-0.25, -0.2) is 9.97 Å². The lowest BCUT2D eigenvalue weighted by molar-refractivity contribution is 0.568. The quantitative estimate of drug-likeness (QED) is 0.161. The number of aromatic nitrogens is 2. The zero-order valence-corrected chi connectivity index (χ0v) is 52.6. The average Bonchev–Trinajstić information content (AvgIpc) is 2.11. The van der Waals surface area contributed by atoms with Crippen molar-refractivity contribution in [2.24, 2.45) is 0 Å². The van der Waals surface area contributed by atoms with Gasteiger partial charge in [0.2, 0.25) is 0 Å². The molecule has 83 heavy (non-hydrogen) atoms. The molecule has 10 aromatic rings. The van der Waals surface area contributed by atoms with Crippen molar-refractivity contribution >= 4 is 78.8 Å². The zero-order chi connectivity index (χ0) is 59.1. The van der Waals surface area contributed by atoms with Gasteiger partial charge in [-0.2, -0.15) is 0 Å². The summed E-state index contributed by atoms with van der Waals surface area (Å²) in [5.74, 6) is 0.717. The monoisotopic (exact) mass is 1090 g/mol. The van der Waals surface area contributed by atoms with E-state index in [0.29, 0.717) is 0 Å². The molecule has 0 N–H and O–H groups in total. The van der Waals surface area contributed by atoms with Gasteiger partial charge in [0.05, 0.1) is 11.4 Å². The Morgan fingerprint density at radius 3 is 0.940 bits per heavy atom. The van der Waals surface area contributed by atoms with Crippen LogP contribution in [0.2, 0.25) is 0 Å². The van der Waals surface area contributed by atoms with E-state index in [1.807, 2.05) is 0 Å². The van der Waals surface area contributed by atoms with E-state index in [1.165, 1.54) is 82.7 Å². The van der Waals surface area contributed by atoms with Crippen molar-refractivity contribution in [3.05, 3.63) is 209 Å². The first-order chi connectivity index (χ1) is 38.9. The van der Waals surface area contributed by atoms with Crippen LogP contribution in [0.5, 0.6) is 0 Å². The van der Waals surface area contributed by atoms with Gasteiger partial charge in [-0.3, -0.25) is 0 Å². The first-order valence-electron chi connectivity index (χ1n) is 30.2. The molecule has 5 heteroatoms.